The molecule has 2 N–H and O–H groups in total. The average molecular weight is 351 g/mol. The van der Waals surface area contributed by atoms with Crippen molar-refractivity contribution in [1.29, 1.82) is 0 Å². The molecule has 0 aromatic carbocycles. The first kappa shape index (κ1) is 18.8. The summed E-state index contributed by atoms with van der Waals surface area (Å²) in [6.07, 6.45) is 19.1. The second-order valence-corrected chi connectivity index (χ2v) is 8.09. The highest BCUT2D eigenvalue weighted by Crippen LogP contribution is 2.23. The van der Waals surface area contributed by atoms with Crippen LogP contribution in [0.1, 0.15) is 47.0 Å². The van der Waals surface area contributed by atoms with E-state index in [1.54, 1.807) is 5.57 Å². The summed E-state index contributed by atoms with van der Waals surface area (Å²) in [5.74, 6) is 1.14. The molecule has 0 bridgehead atoms. The summed E-state index contributed by atoms with van der Waals surface area (Å²) in [7, 11) is 0. The normalized spacial score (nSPS) is 31.3. The van der Waals surface area contributed by atoms with Crippen LogP contribution in [-0.2, 0) is 0 Å². The van der Waals surface area contributed by atoms with Crippen LogP contribution >= 0.6 is 0 Å². The van der Waals surface area contributed by atoms with Gasteiger partial charge in [-0.25, -0.2) is 0 Å². The fraction of sp³-hybridized carbons (Fsp3) is 0.522. The molecule has 3 aliphatic rings. The molecule has 3 heteroatoms. The van der Waals surface area contributed by atoms with Crippen molar-refractivity contribution in [3.63, 3.8) is 0 Å². The van der Waals surface area contributed by atoms with Crippen molar-refractivity contribution in [2.24, 2.45) is 22.1 Å². The third-order valence-electron chi connectivity index (χ3n) is 5.50. The molecule has 0 radical (unpaired) electrons. The lowest BCUT2D eigenvalue weighted by Crippen LogP contribution is -2.95. The molecule has 4 atom stereocenters. The van der Waals surface area contributed by atoms with Gasteiger partial charge in [-0.05, 0) is 61.6 Å². The van der Waals surface area contributed by atoms with Crippen LogP contribution in [0, 0.1) is 11.8 Å². The molecule has 0 fully saturated rings. The topological polar surface area (TPSA) is 41.3 Å². The van der Waals surface area contributed by atoms with Crippen LogP contribution in [0.2, 0.25) is 0 Å². The number of nitrogens with two attached hydrogens (primary N) is 1. The van der Waals surface area contributed by atoms with Crippen molar-refractivity contribution < 1.29 is 5.32 Å². The van der Waals surface area contributed by atoms with E-state index in [1.807, 2.05) is 19.1 Å². The zero-order valence-corrected chi connectivity index (χ0v) is 16.5. The molecule has 26 heavy (non-hydrogen) atoms. The average Bonchev–Trinajstić information content (AvgIpc) is 2.63. The Kier molecular flexibility index (Phi) is 6.24. The summed E-state index contributed by atoms with van der Waals surface area (Å²) in [6.45, 7) is 8.94. The van der Waals surface area contributed by atoms with Crippen molar-refractivity contribution in [3.05, 3.63) is 65.1 Å². The molecule has 138 valence electrons. The van der Waals surface area contributed by atoms with E-state index in [2.05, 4.69) is 72.4 Å². The molecule has 0 spiro atoms. The molecule has 4 unspecified atom stereocenters. The summed E-state index contributed by atoms with van der Waals surface area (Å²) in [4.78, 5) is 0. The van der Waals surface area contributed by atoms with Crippen LogP contribution in [0.25, 0.3) is 0 Å². The molecule has 3 aliphatic carbocycles. The van der Waals surface area contributed by atoms with Crippen molar-refractivity contribution in [1.82, 2.24) is 0 Å². The van der Waals surface area contributed by atoms with Crippen LogP contribution in [-0.4, -0.2) is 18.1 Å². The van der Waals surface area contributed by atoms with Crippen molar-refractivity contribution in [2.75, 3.05) is 0 Å². The highest BCUT2D eigenvalue weighted by molar-refractivity contribution is 5.27. The Morgan fingerprint density at radius 1 is 1.19 bits per heavy atom. The van der Waals surface area contributed by atoms with Crippen LogP contribution in [0.15, 0.2) is 75.3 Å². The van der Waals surface area contributed by atoms with Gasteiger partial charge in [-0.2, -0.15) is 10.2 Å². The molecular weight excluding hydrogens is 318 g/mol. The number of hydrogen-bond acceptors (Lipinski definition) is 2. The minimum atomic E-state index is 0.00872. The van der Waals surface area contributed by atoms with E-state index in [-0.39, 0.29) is 6.04 Å². The van der Waals surface area contributed by atoms with Crippen molar-refractivity contribution in [3.8, 4) is 0 Å². The van der Waals surface area contributed by atoms with Crippen LogP contribution in [0.5, 0.6) is 0 Å². The number of hydrogen-bond donors (Lipinski definition) is 1. The second kappa shape index (κ2) is 8.62. The lowest BCUT2D eigenvalue weighted by molar-refractivity contribution is -0.708. The Morgan fingerprint density at radius 2 is 2.04 bits per heavy atom. The molecule has 0 amide bonds. The smallest absolute Gasteiger partial charge is 0.115 e. The van der Waals surface area contributed by atoms with Crippen molar-refractivity contribution in [2.45, 2.75) is 65.1 Å². The Bertz CT molecular complexity index is 727. The van der Waals surface area contributed by atoms with Gasteiger partial charge in [0.1, 0.15) is 18.1 Å². The first-order valence-electron chi connectivity index (χ1n) is 9.99. The van der Waals surface area contributed by atoms with E-state index in [0.717, 1.165) is 11.3 Å². The summed E-state index contributed by atoms with van der Waals surface area (Å²) in [5.41, 5.74) is 6.93. The number of allylic oxidation sites excluding steroid dienone is 3. The van der Waals surface area contributed by atoms with E-state index in [0.29, 0.717) is 23.9 Å². The molecule has 0 heterocycles. The van der Waals surface area contributed by atoms with Gasteiger partial charge >= 0.3 is 0 Å². The maximum atomic E-state index is 4.44. The summed E-state index contributed by atoms with van der Waals surface area (Å²) >= 11 is 0. The van der Waals surface area contributed by atoms with E-state index in [4.69, 9.17) is 0 Å². The number of azo groups is 1. The zero-order chi connectivity index (χ0) is 18.5. The molecular formula is C23H32N3+. The summed E-state index contributed by atoms with van der Waals surface area (Å²) in [6, 6.07) is 1.11. The molecule has 0 aliphatic heterocycles. The third-order valence-corrected chi connectivity index (χ3v) is 5.50. The monoisotopic (exact) mass is 350 g/mol. The minimum absolute atomic E-state index is 0.00872. The van der Waals surface area contributed by atoms with Gasteiger partial charge in [0.05, 0.1) is 5.70 Å². The maximum Gasteiger partial charge on any atom is 0.115 e. The van der Waals surface area contributed by atoms with Gasteiger partial charge < -0.3 is 5.32 Å². The quantitative estimate of drug-likeness (QED) is 0.426. The van der Waals surface area contributed by atoms with Crippen LogP contribution in [0.4, 0.5) is 0 Å². The van der Waals surface area contributed by atoms with Gasteiger partial charge in [-0.15, -0.1) is 5.73 Å². The van der Waals surface area contributed by atoms with Gasteiger partial charge in [0.25, 0.3) is 0 Å². The summed E-state index contributed by atoms with van der Waals surface area (Å²) in [5, 5.41) is 11.4. The van der Waals surface area contributed by atoms with E-state index in [9.17, 15) is 0 Å². The van der Waals surface area contributed by atoms with Gasteiger partial charge in [0, 0.05) is 12.3 Å². The maximum absolute atomic E-state index is 4.44. The van der Waals surface area contributed by atoms with Crippen LogP contribution in [0.3, 0.4) is 0 Å². The summed E-state index contributed by atoms with van der Waals surface area (Å²) < 4.78 is 0. The van der Waals surface area contributed by atoms with E-state index >= 15 is 0 Å². The SMILES string of the molecule is CC1=C=CC(N=NC2=CC(C)C([NH2+]C3C=C(C(C)C)CCC3)C=C2)C=C1. The second-order valence-electron chi connectivity index (χ2n) is 8.09. The van der Waals surface area contributed by atoms with Gasteiger partial charge in [0.15, 0.2) is 0 Å². The standard InChI is InChI=1S/C23H31N3/c1-16(2)19-6-5-7-21(15-19)24-23-13-12-22(14-18(23)4)26-25-20-10-8-17(3)9-11-20/h8,10-16,18,20-21,23-24H,5-7H2,1-4H3/p+1. The predicted octanol–water partition coefficient (Wildman–Crippen LogP) is 4.64. The Morgan fingerprint density at radius 3 is 2.73 bits per heavy atom. The van der Waals surface area contributed by atoms with E-state index < -0.39 is 0 Å². The fourth-order valence-electron chi connectivity index (χ4n) is 3.80. The van der Waals surface area contributed by atoms with Crippen LogP contribution < -0.4 is 5.32 Å². The first-order chi connectivity index (χ1) is 12.5. The largest absolute Gasteiger partial charge is 0.334 e. The lowest BCUT2D eigenvalue weighted by atomic mass is 9.87. The minimum Gasteiger partial charge on any atom is -0.334 e. The number of nitrogens with zero attached hydrogens (tertiary/aromatic N) is 2. The predicted molar refractivity (Wildman–Crippen MR) is 108 cm³/mol. The third kappa shape index (κ3) is 5.03. The van der Waals surface area contributed by atoms with Gasteiger partial charge in [-0.3, -0.25) is 0 Å². The lowest BCUT2D eigenvalue weighted by Gasteiger charge is -2.27. The molecule has 0 aromatic rings. The number of quaternary nitrogens is 1. The fourth-order valence-corrected chi connectivity index (χ4v) is 3.80. The molecule has 0 saturated heterocycles. The highest BCUT2D eigenvalue weighted by Gasteiger charge is 2.25. The zero-order valence-electron chi connectivity index (χ0n) is 16.5. The Balaban J connectivity index is 1.58. The first-order valence-corrected chi connectivity index (χ1v) is 9.99. The highest BCUT2D eigenvalue weighted by atomic mass is 15.1. The molecule has 3 nitrogen and oxygen atoms in total. The Labute approximate surface area is 158 Å². The number of rotatable bonds is 5. The molecule has 0 aromatic heterocycles. The van der Waals surface area contributed by atoms with Gasteiger partial charge in [0.2, 0.25) is 0 Å². The van der Waals surface area contributed by atoms with E-state index in [1.165, 1.54) is 19.3 Å². The Hall–Kier alpha value is -1.96. The molecule has 3 rings (SSSR count). The van der Waals surface area contributed by atoms with Gasteiger partial charge in [-0.1, -0.05) is 38.5 Å². The van der Waals surface area contributed by atoms with Crippen molar-refractivity contribution >= 4 is 0 Å². The molecule has 0 saturated carbocycles.